The van der Waals surface area contributed by atoms with Gasteiger partial charge < -0.3 is 20.1 Å². The van der Waals surface area contributed by atoms with E-state index in [4.69, 9.17) is 15.2 Å². The Kier molecular flexibility index (Phi) is 5.74. The second-order valence-corrected chi connectivity index (χ2v) is 5.79. The van der Waals surface area contributed by atoms with Crippen molar-refractivity contribution >= 4 is 5.69 Å². The lowest BCUT2D eigenvalue weighted by molar-refractivity contribution is 0.394. The molecule has 21 heavy (non-hydrogen) atoms. The molecule has 1 unspecified atom stereocenters. The Bertz CT molecular complexity index is 456. The number of rotatable bonds is 6. The van der Waals surface area contributed by atoms with E-state index < -0.39 is 0 Å². The molecule has 118 valence electrons. The number of piperidine rings is 1. The smallest absolute Gasteiger partial charge is 0.142 e. The van der Waals surface area contributed by atoms with Crippen molar-refractivity contribution < 1.29 is 9.47 Å². The van der Waals surface area contributed by atoms with Crippen LogP contribution >= 0.6 is 0 Å². The Balaban J connectivity index is 2.37. The van der Waals surface area contributed by atoms with E-state index in [1.165, 1.54) is 24.8 Å². The largest absolute Gasteiger partial charge is 0.496 e. The van der Waals surface area contributed by atoms with E-state index in [0.717, 1.165) is 36.7 Å². The summed E-state index contributed by atoms with van der Waals surface area (Å²) in [4.78, 5) is 2.40. The SMILES string of the molecule is COc1cc(N2CCCCC2)c(OC)cc1C(C)CCN. The molecule has 0 saturated carbocycles. The second kappa shape index (κ2) is 7.55. The zero-order valence-electron chi connectivity index (χ0n) is 13.5. The first kappa shape index (κ1) is 16.0. The van der Waals surface area contributed by atoms with E-state index in [9.17, 15) is 0 Å². The fourth-order valence-corrected chi connectivity index (χ4v) is 3.08. The highest BCUT2D eigenvalue weighted by Gasteiger charge is 2.20. The van der Waals surface area contributed by atoms with E-state index >= 15 is 0 Å². The molecule has 0 radical (unpaired) electrons. The molecular formula is C17H28N2O2. The summed E-state index contributed by atoms with van der Waals surface area (Å²) in [7, 11) is 3.48. The first-order chi connectivity index (χ1) is 10.2. The lowest BCUT2D eigenvalue weighted by atomic mass is 9.95. The van der Waals surface area contributed by atoms with Gasteiger partial charge in [-0.05, 0) is 44.2 Å². The van der Waals surface area contributed by atoms with Gasteiger partial charge in [0.2, 0.25) is 0 Å². The highest BCUT2D eigenvalue weighted by atomic mass is 16.5. The fraction of sp³-hybridized carbons (Fsp3) is 0.647. The molecule has 2 N–H and O–H groups in total. The van der Waals surface area contributed by atoms with E-state index in [-0.39, 0.29) is 0 Å². The van der Waals surface area contributed by atoms with Crippen LogP contribution < -0.4 is 20.1 Å². The second-order valence-electron chi connectivity index (χ2n) is 5.79. The summed E-state index contributed by atoms with van der Waals surface area (Å²) in [5, 5.41) is 0. The van der Waals surface area contributed by atoms with E-state index in [1.54, 1.807) is 14.2 Å². The van der Waals surface area contributed by atoms with Crippen molar-refractivity contribution in [1.82, 2.24) is 0 Å². The van der Waals surface area contributed by atoms with Gasteiger partial charge >= 0.3 is 0 Å². The quantitative estimate of drug-likeness (QED) is 0.875. The number of methoxy groups -OCH3 is 2. The van der Waals surface area contributed by atoms with Crippen molar-refractivity contribution in [3.8, 4) is 11.5 Å². The Hall–Kier alpha value is -1.42. The molecule has 0 aliphatic carbocycles. The van der Waals surface area contributed by atoms with Crippen LogP contribution in [0, 0.1) is 0 Å². The fourth-order valence-electron chi connectivity index (χ4n) is 3.08. The van der Waals surface area contributed by atoms with Gasteiger partial charge in [-0.15, -0.1) is 0 Å². The van der Waals surface area contributed by atoms with Gasteiger partial charge in [0, 0.05) is 24.7 Å². The number of anilines is 1. The molecule has 1 aromatic carbocycles. The summed E-state index contributed by atoms with van der Waals surface area (Å²) in [5.74, 6) is 2.25. The highest BCUT2D eigenvalue weighted by Crippen LogP contribution is 2.40. The molecule has 0 amide bonds. The van der Waals surface area contributed by atoms with Crippen LogP contribution in [0.1, 0.15) is 44.1 Å². The summed E-state index contributed by atoms with van der Waals surface area (Å²) in [6.07, 6.45) is 4.76. The number of hydrogen-bond acceptors (Lipinski definition) is 4. The van der Waals surface area contributed by atoms with E-state index in [0.29, 0.717) is 12.5 Å². The molecule has 1 fully saturated rings. The minimum atomic E-state index is 0.370. The van der Waals surface area contributed by atoms with Gasteiger partial charge in [0.1, 0.15) is 11.5 Å². The molecule has 1 atom stereocenters. The third-order valence-corrected chi connectivity index (χ3v) is 4.36. The maximum Gasteiger partial charge on any atom is 0.142 e. The van der Waals surface area contributed by atoms with Gasteiger partial charge in [-0.1, -0.05) is 6.92 Å². The van der Waals surface area contributed by atoms with Gasteiger partial charge in [0.25, 0.3) is 0 Å². The Labute approximate surface area is 128 Å². The minimum absolute atomic E-state index is 0.370. The number of hydrogen-bond donors (Lipinski definition) is 1. The molecule has 0 spiro atoms. The molecule has 1 aromatic rings. The summed E-state index contributed by atoms with van der Waals surface area (Å²) in [6, 6.07) is 4.26. The summed E-state index contributed by atoms with van der Waals surface area (Å²) >= 11 is 0. The van der Waals surface area contributed by atoms with Crippen molar-refractivity contribution in [2.45, 2.75) is 38.5 Å². The van der Waals surface area contributed by atoms with Crippen molar-refractivity contribution in [3.05, 3.63) is 17.7 Å². The number of nitrogens with two attached hydrogens (primary N) is 1. The van der Waals surface area contributed by atoms with Gasteiger partial charge in [0.15, 0.2) is 0 Å². The zero-order chi connectivity index (χ0) is 15.2. The van der Waals surface area contributed by atoms with E-state index in [1.807, 2.05) is 0 Å². The minimum Gasteiger partial charge on any atom is -0.496 e. The first-order valence-corrected chi connectivity index (χ1v) is 7.92. The average Bonchev–Trinajstić information content (AvgIpc) is 2.54. The number of nitrogens with zero attached hydrogens (tertiary/aromatic N) is 1. The van der Waals surface area contributed by atoms with Crippen LogP contribution in [-0.4, -0.2) is 33.9 Å². The molecular weight excluding hydrogens is 264 g/mol. The van der Waals surface area contributed by atoms with Gasteiger partial charge in [-0.25, -0.2) is 0 Å². The van der Waals surface area contributed by atoms with Crippen LogP contribution in [0.3, 0.4) is 0 Å². The third kappa shape index (κ3) is 3.62. The van der Waals surface area contributed by atoms with Crippen LogP contribution in [-0.2, 0) is 0 Å². The molecule has 4 nitrogen and oxygen atoms in total. The molecule has 1 saturated heterocycles. The lowest BCUT2D eigenvalue weighted by Crippen LogP contribution is -2.29. The van der Waals surface area contributed by atoms with Crippen LogP contribution in [0.4, 0.5) is 5.69 Å². The number of ether oxygens (including phenoxy) is 2. The van der Waals surface area contributed by atoms with Crippen LogP contribution in [0.15, 0.2) is 12.1 Å². The molecule has 1 heterocycles. The predicted molar refractivity (Wildman–Crippen MR) is 87.7 cm³/mol. The van der Waals surface area contributed by atoms with Gasteiger partial charge in [-0.2, -0.15) is 0 Å². The summed E-state index contributed by atoms with van der Waals surface area (Å²) in [5.41, 5.74) is 8.03. The van der Waals surface area contributed by atoms with Crippen molar-refractivity contribution in [3.63, 3.8) is 0 Å². The first-order valence-electron chi connectivity index (χ1n) is 7.92. The monoisotopic (exact) mass is 292 g/mol. The maximum absolute atomic E-state index is 5.70. The Morgan fingerprint density at radius 2 is 1.76 bits per heavy atom. The summed E-state index contributed by atoms with van der Waals surface area (Å²) < 4.78 is 11.3. The highest BCUT2D eigenvalue weighted by molar-refractivity contribution is 5.64. The van der Waals surface area contributed by atoms with Crippen LogP contribution in [0.2, 0.25) is 0 Å². The van der Waals surface area contributed by atoms with Gasteiger partial charge in [0.05, 0.1) is 19.9 Å². The molecule has 0 aromatic heterocycles. The molecule has 2 rings (SSSR count). The third-order valence-electron chi connectivity index (χ3n) is 4.36. The zero-order valence-corrected chi connectivity index (χ0v) is 13.5. The topological polar surface area (TPSA) is 47.7 Å². The van der Waals surface area contributed by atoms with E-state index in [2.05, 4.69) is 24.0 Å². The van der Waals surface area contributed by atoms with Crippen molar-refractivity contribution in [2.24, 2.45) is 5.73 Å². The maximum atomic E-state index is 5.70. The van der Waals surface area contributed by atoms with Crippen LogP contribution in [0.25, 0.3) is 0 Å². The number of benzene rings is 1. The van der Waals surface area contributed by atoms with Gasteiger partial charge in [-0.3, -0.25) is 0 Å². The Morgan fingerprint density at radius 1 is 1.10 bits per heavy atom. The predicted octanol–water partition coefficient (Wildman–Crippen LogP) is 3.15. The molecule has 1 aliphatic rings. The summed E-state index contributed by atoms with van der Waals surface area (Å²) in [6.45, 7) is 5.06. The molecule has 1 aliphatic heterocycles. The van der Waals surface area contributed by atoms with Crippen molar-refractivity contribution in [1.29, 1.82) is 0 Å². The standard InChI is InChI=1S/C17H28N2O2/c1-13(7-8-18)14-11-17(21-3)15(12-16(14)20-2)19-9-5-4-6-10-19/h11-13H,4-10,18H2,1-3H3. The normalized spacial score (nSPS) is 16.7. The van der Waals surface area contributed by atoms with Crippen LogP contribution in [0.5, 0.6) is 11.5 Å². The van der Waals surface area contributed by atoms with Crippen molar-refractivity contribution in [2.75, 3.05) is 38.8 Å². The molecule has 4 heteroatoms. The average molecular weight is 292 g/mol. The lowest BCUT2D eigenvalue weighted by Gasteiger charge is -2.31. The molecule has 0 bridgehead atoms. The Morgan fingerprint density at radius 3 is 2.33 bits per heavy atom.